The van der Waals surface area contributed by atoms with Gasteiger partial charge in [-0.25, -0.2) is 4.79 Å². The van der Waals surface area contributed by atoms with Gasteiger partial charge in [-0.1, -0.05) is 57.9 Å². The first-order valence-electron chi connectivity index (χ1n) is 7.20. The maximum atomic E-state index is 12.3. The Morgan fingerprint density at radius 3 is 2.87 bits per heavy atom. The smallest absolute Gasteiger partial charge is 0.410 e. The van der Waals surface area contributed by atoms with E-state index in [0.717, 1.165) is 15.6 Å². The summed E-state index contributed by atoms with van der Waals surface area (Å²) < 4.78 is 11.9. The lowest BCUT2D eigenvalue weighted by Gasteiger charge is -2.19. The second kappa shape index (κ2) is 7.23. The van der Waals surface area contributed by atoms with Crippen LogP contribution >= 0.6 is 27.5 Å². The van der Waals surface area contributed by atoms with Gasteiger partial charge in [0.2, 0.25) is 0 Å². The first-order chi connectivity index (χ1) is 11.1. The number of carbonyl (C=O) groups excluding carboxylic acids is 1. The minimum absolute atomic E-state index is 0.253. The van der Waals surface area contributed by atoms with Crippen molar-refractivity contribution in [1.82, 2.24) is 4.90 Å². The number of fused-ring (bicyclic) bond motifs is 1. The summed E-state index contributed by atoms with van der Waals surface area (Å²) in [7, 11) is 0. The number of nitrogens with zero attached hydrogens (tertiary/aromatic N) is 1. The van der Waals surface area contributed by atoms with E-state index in [1.54, 1.807) is 11.0 Å². The van der Waals surface area contributed by atoms with Gasteiger partial charge >= 0.3 is 6.09 Å². The fraction of sp³-hybridized carbons (Fsp3) is 0.235. The third kappa shape index (κ3) is 3.98. The van der Waals surface area contributed by atoms with Crippen LogP contribution in [-0.2, 0) is 17.9 Å². The Morgan fingerprint density at radius 2 is 2.09 bits per heavy atom. The van der Waals surface area contributed by atoms with Crippen molar-refractivity contribution in [3.8, 4) is 5.75 Å². The van der Waals surface area contributed by atoms with Crippen LogP contribution in [0.15, 0.2) is 46.9 Å². The minimum atomic E-state index is -0.360. The van der Waals surface area contributed by atoms with Gasteiger partial charge in [0.15, 0.2) is 0 Å². The van der Waals surface area contributed by atoms with Crippen LogP contribution in [0.1, 0.15) is 11.1 Å². The summed E-state index contributed by atoms with van der Waals surface area (Å²) in [6.07, 6.45) is -0.360. The second-order valence-electron chi connectivity index (χ2n) is 5.19. The molecule has 0 N–H and O–H groups in total. The number of hydrogen-bond acceptors (Lipinski definition) is 3. The van der Waals surface area contributed by atoms with Gasteiger partial charge in [-0.3, -0.25) is 0 Å². The Labute approximate surface area is 148 Å². The maximum Gasteiger partial charge on any atom is 0.410 e. The van der Waals surface area contributed by atoms with Crippen LogP contribution in [-0.4, -0.2) is 24.1 Å². The SMILES string of the molecule is O=C(OCc1ccccc1)N1CCOc2c(Cl)cc(Br)cc2C1. The standard InChI is InChI=1S/C17H15BrClNO3/c18-14-8-13-10-20(6-7-22-16(13)15(19)9-14)17(21)23-11-12-4-2-1-3-5-12/h1-5,8-9H,6-7,10-11H2. The quantitative estimate of drug-likeness (QED) is 0.742. The summed E-state index contributed by atoms with van der Waals surface area (Å²) in [5, 5.41) is 0.536. The van der Waals surface area contributed by atoms with Crippen LogP contribution in [0, 0.1) is 0 Å². The molecule has 6 heteroatoms. The highest BCUT2D eigenvalue weighted by atomic mass is 79.9. The molecule has 1 amide bonds. The van der Waals surface area contributed by atoms with E-state index in [4.69, 9.17) is 21.1 Å². The van der Waals surface area contributed by atoms with Gasteiger partial charge in [-0.2, -0.15) is 0 Å². The fourth-order valence-corrected chi connectivity index (χ4v) is 3.33. The molecule has 0 fully saturated rings. The fourth-order valence-electron chi connectivity index (χ4n) is 2.40. The molecule has 2 aromatic rings. The summed E-state index contributed by atoms with van der Waals surface area (Å²) in [5.74, 6) is 0.633. The number of hydrogen-bond donors (Lipinski definition) is 0. The van der Waals surface area contributed by atoms with Gasteiger partial charge in [0.25, 0.3) is 0 Å². The zero-order chi connectivity index (χ0) is 16.2. The lowest BCUT2D eigenvalue weighted by molar-refractivity contribution is 0.0913. The number of amides is 1. The molecule has 0 saturated carbocycles. The Kier molecular flexibility index (Phi) is 5.08. The highest BCUT2D eigenvalue weighted by Crippen LogP contribution is 2.34. The molecule has 0 aromatic heterocycles. The lowest BCUT2D eigenvalue weighted by atomic mass is 10.2. The summed E-state index contributed by atoms with van der Waals surface area (Å²) in [4.78, 5) is 13.9. The molecule has 0 saturated heterocycles. The number of benzene rings is 2. The van der Waals surface area contributed by atoms with E-state index in [9.17, 15) is 4.79 Å². The molecule has 0 aliphatic carbocycles. The van der Waals surface area contributed by atoms with Crippen LogP contribution in [0.2, 0.25) is 5.02 Å². The van der Waals surface area contributed by atoms with Crippen molar-refractivity contribution < 1.29 is 14.3 Å². The monoisotopic (exact) mass is 395 g/mol. The average molecular weight is 397 g/mol. The third-order valence-electron chi connectivity index (χ3n) is 3.52. The Morgan fingerprint density at radius 1 is 1.30 bits per heavy atom. The molecular weight excluding hydrogens is 382 g/mol. The number of rotatable bonds is 2. The van der Waals surface area contributed by atoms with Gasteiger partial charge < -0.3 is 14.4 Å². The molecule has 3 rings (SSSR count). The van der Waals surface area contributed by atoms with Gasteiger partial charge in [-0.15, -0.1) is 0 Å². The van der Waals surface area contributed by atoms with Crippen molar-refractivity contribution in [2.75, 3.05) is 13.2 Å². The molecule has 0 spiro atoms. The molecule has 0 bridgehead atoms. The van der Waals surface area contributed by atoms with E-state index in [1.807, 2.05) is 36.4 Å². The summed E-state index contributed by atoms with van der Waals surface area (Å²) in [6, 6.07) is 13.3. The van der Waals surface area contributed by atoms with Crippen molar-refractivity contribution in [1.29, 1.82) is 0 Å². The van der Waals surface area contributed by atoms with Crippen molar-refractivity contribution >= 4 is 33.6 Å². The average Bonchev–Trinajstić information content (AvgIpc) is 2.76. The van der Waals surface area contributed by atoms with Gasteiger partial charge in [0.05, 0.1) is 18.1 Å². The van der Waals surface area contributed by atoms with Crippen LogP contribution < -0.4 is 4.74 Å². The van der Waals surface area contributed by atoms with Crippen LogP contribution in [0.25, 0.3) is 0 Å². The van der Waals surface area contributed by atoms with E-state index in [-0.39, 0.29) is 12.7 Å². The molecular formula is C17H15BrClNO3. The Hall–Kier alpha value is -1.72. The van der Waals surface area contributed by atoms with Crippen molar-refractivity contribution in [3.63, 3.8) is 0 Å². The molecule has 0 unspecified atom stereocenters. The third-order valence-corrected chi connectivity index (χ3v) is 4.26. The zero-order valence-electron chi connectivity index (χ0n) is 12.3. The predicted molar refractivity (Wildman–Crippen MR) is 91.7 cm³/mol. The zero-order valence-corrected chi connectivity index (χ0v) is 14.6. The van der Waals surface area contributed by atoms with E-state index < -0.39 is 0 Å². The minimum Gasteiger partial charge on any atom is -0.490 e. The predicted octanol–water partition coefficient (Wildman–Crippen LogP) is 4.63. The Balaban J connectivity index is 1.69. The van der Waals surface area contributed by atoms with E-state index in [0.29, 0.717) is 30.5 Å². The topological polar surface area (TPSA) is 38.8 Å². The highest BCUT2D eigenvalue weighted by Gasteiger charge is 2.23. The molecule has 23 heavy (non-hydrogen) atoms. The van der Waals surface area contributed by atoms with Crippen molar-refractivity contribution in [2.45, 2.75) is 13.2 Å². The van der Waals surface area contributed by atoms with E-state index in [1.165, 1.54) is 0 Å². The highest BCUT2D eigenvalue weighted by molar-refractivity contribution is 9.10. The molecule has 2 aromatic carbocycles. The van der Waals surface area contributed by atoms with E-state index >= 15 is 0 Å². The first kappa shape index (κ1) is 16.1. The number of ether oxygens (including phenoxy) is 2. The molecule has 1 aliphatic heterocycles. The van der Waals surface area contributed by atoms with Crippen molar-refractivity contribution in [3.05, 3.63) is 63.1 Å². The summed E-state index contributed by atoms with van der Waals surface area (Å²) >= 11 is 9.61. The maximum absolute atomic E-state index is 12.3. The van der Waals surface area contributed by atoms with E-state index in [2.05, 4.69) is 15.9 Å². The van der Waals surface area contributed by atoms with Crippen LogP contribution in [0.3, 0.4) is 0 Å². The van der Waals surface area contributed by atoms with Gasteiger partial charge in [0.1, 0.15) is 19.0 Å². The molecule has 4 nitrogen and oxygen atoms in total. The molecule has 1 heterocycles. The second-order valence-corrected chi connectivity index (χ2v) is 6.51. The molecule has 0 radical (unpaired) electrons. The normalized spacial score (nSPS) is 13.7. The summed E-state index contributed by atoms with van der Waals surface area (Å²) in [5.41, 5.74) is 1.82. The lowest BCUT2D eigenvalue weighted by Crippen LogP contribution is -2.32. The Bertz CT molecular complexity index is 708. The van der Waals surface area contributed by atoms with Gasteiger partial charge in [0, 0.05) is 10.0 Å². The molecule has 1 aliphatic rings. The molecule has 120 valence electrons. The van der Waals surface area contributed by atoms with Crippen LogP contribution in [0.5, 0.6) is 5.75 Å². The van der Waals surface area contributed by atoms with Crippen molar-refractivity contribution in [2.24, 2.45) is 0 Å². The van der Waals surface area contributed by atoms with Gasteiger partial charge in [-0.05, 0) is 17.7 Å². The number of carbonyl (C=O) groups is 1. The number of halogens is 2. The molecule has 0 atom stereocenters. The largest absolute Gasteiger partial charge is 0.490 e. The summed E-state index contributed by atoms with van der Waals surface area (Å²) in [6.45, 7) is 1.50. The first-order valence-corrected chi connectivity index (χ1v) is 8.37. The van der Waals surface area contributed by atoms with Crippen LogP contribution in [0.4, 0.5) is 4.79 Å².